The molecule has 5 nitrogen and oxygen atoms in total. The Balaban J connectivity index is 2.95. The van der Waals surface area contributed by atoms with Crippen LogP contribution in [0.3, 0.4) is 0 Å². The number of imide groups is 1. The van der Waals surface area contributed by atoms with E-state index in [1.165, 1.54) is 11.0 Å². The first-order chi connectivity index (χ1) is 10.3. The van der Waals surface area contributed by atoms with Crippen LogP contribution in [0.2, 0.25) is 0 Å². The highest BCUT2D eigenvalue weighted by Gasteiger charge is 2.38. The number of nitrogens with zero attached hydrogens (tertiary/aromatic N) is 1. The SMILES string of the molecule is CCC[C@@H](NC(=O)CC)C(=O)N1C(=O)C=C(C)C1CC(C)C. The molecule has 0 fully saturated rings. The van der Waals surface area contributed by atoms with Gasteiger partial charge in [0.05, 0.1) is 6.04 Å². The van der Waals surface area contributed by atoms with E-state index < -0.39 is 6.04 Å². The Morgan fingerprint density at radius 1 is 1.32 bits per heavy atom. The fourth-order valence-electron chi connectivity index (χ4n) is 2.73. The quantitative estimate of drug-likeness (QED) is 0.785. The highest BCUT2D eigenvalue weighted by Crippen LogP contribution is 2.26. The molecule has 1 N–H and O–H groups in total. The molecule has 0 aromatic heterocycles. The Morgan fingerprint density at radius 3 is 2.45 bits per heavy atom. The van der Waals surface area contributed by atoms with Crippen LogP contribution in [0.1, 0.15) is 60.3 Å². The van der Waals surface area contributed by atoms with E-state index in [9.17, 15) is 14.4 Å². The molecule has 0 spiro atoms. The Hall–Kier alpha value is -1.65. The molecule has 5 heteroatoms. The lowest BCUT2D eigenvalue weighted by atomic mass is 9.98. The van der Waals surface area contributed by atoms with Gasteiger partial charge in [-0.15, -0.1) is 0 Å². The van der Waals surface area contributed by atoms with Gasteiger partial charge in [0.25, 0.3) is 11.8 Å². The minimum atomic E-state index is -0.615. The van der Waals surface area contributed by atoms with Gasteiger partial charge < -0.3 is 5.32 Å². The first-order valence-corrected chi connectivity index (χ1v) is 8.16. The summed E-state index contributed by atoms with van der Waals surface area (Å²) in [6.07, 6.45) is 3.93. The van der Waals surface area contributed by atoms with E-state index >= 15 is 0 Å². The van der Waals surface area contributed by atoms with Gasteiger partial charge in [-0.1, -0.05) is 34.1 Å². The minimum absolute atomic E-state index is 0.163. The fraction of sp³-hybridized carbons (Fsp3) is 0.706. The summed E-state index contributed by atoms with van der Waals surface area (Å²) in [5.74, 6) is -0.333. The van der Waals surface area contributed by atoms with E-state index in [2.05, 4.69) is 19.2 Å². The summed E-state index contributed by atoms with van der Waals surface area (Å²) in [4.78, 5) is 38.0. The van der Waals surface area contributed by atoms with Crippen molar-refractivity contribution in [3.05, 3.63) is 11.6 Å². The van der Waals surface area contributed by atoms with Crippen LogP contribution in [0, 0.1) is 5.92 Å². The lowest BCUT2D eigenvalue weighted by molar-refractivity contribution is -0.146. The predicted octanol–water partition coefficient (Wildman–Crippen LogP) is 2.41. The predicted molar refractivity (Wildman–Crippen MR) is 86.0 cm³/mol. The standard InChI is InChI=1S/C17H28N2O3/c1-6-8-13(18-15(20)7-2)17(22)19-14(9-11(3)4)12(5)10-16(19)21/h10-11,13-14H,6-9H2,1-5H3,(H,18,20)/t13-,14?/m1/s1. The molecule has 1 rings (SSSR count). The number of hydrogen-bond acceptors (Lipinski definition) is 3. The molecule has 1 aliphatic rings. The van der Waals surface area contributed by atoms with Crippen LogP contribution in [0.4, 0.5) is 0 Å². The maximum absolute atomic E-state index is 12.8. The van der Waals surface area contributed by atoms with E-state index in [-0.39, 0.29) is 23.8 Å². The molecule has 22 heavy (non-hydrogen) atoms. The summed E-state index contributed by atoms with van der Waals surface area (Å²) in [5, 5.41) is 2.75. The molecule has 0 aromatic carbocycles. The molecule has 124 valence electrons. The van der Waals surface area contributed by atoms with E-state index in [1.54, 1.807) is 6.92 Å². The third-order valence-electron chi connectivity index (χ3n) is 3.89. The van der Waals surface area contributed by atoms with Crippen molar-refractivity contribution in [3.8, 4) is 0 Å². The van der Waals surface area contributed by atoms with E-state index in [1.807, 2.05) is 13.8 Å². The Morgan fingerprint density at radius 2 is 1.95 bits per heavy atom. The number of amides is 3. The fourth-order valence-corrected chi connectivity index (χ4v) is 2.73. The van der Waals surface area contributed by atoms with E-state index in [4.69, 9.17) is 0 Å². The second-order valence-corrected chi connectivity index (χ2v) is 6.34. The maximum Gasteiger partial charge on any atom is 0.253 e. The molecular formula is C17H28N2O3. The summed E-state index contributed by atoms with van der Waals surface area (Å²) < 4.78 is 0. The van der Waals surface area contributed by atoms with Crippen molar-refractivity contribution in [3.63, 3.8) is 0 Å². The number of nitrogens with one attached hydrogen (secondary N) is 1. The monoisotopic (exact) mass is 308 g/mol. The summed E-state index contributed by atoms with van der Waals surface area (Å²) in [5.41, 5.74) is 0.920. The molecule has 3 amide bonds. The lowest BCUT2D eigenvalue weighted by Gasteiger charge is -2.30. The van der Waals surface area contributed by atoms with Gasteiger partial charge in [-0.05, 0) is 31.3 Å². The highest BCUT2D eigenvalue weighted by molar-refractivity contribution is 6.06. The zero-order valence-corrected chi connectivity index (χ0v) is 14.3. The van der Waals surface area contributed by atoms with Gasteiger partial charge in [-0.2, -0.15) is 0 Å². The number of carbonyl (C=O) groups excluding carboxylic acids is 3. The first kappa shape index (κ1) is 18.4. The summed E-state index contributed by atoms with van der Waals surface area (Å²) in [6.45, 7) is 9.73. The average molecular weight is 308 g/mol. The molecule has 0 aromatic rings. The molecule has 1 heterocycles. The number of carbonyl (C=O) groups is 3. The van der Waals surface area contributed by atoms with Crippen LogP contribution in [-0.4, -0.2) is 34.7 Å². The van der Waals surface area contributed by atoms with Gasteiger partial charge in [0.2, 0.25) is 5.91 Å². The Bertz CT molecular complexity index is 469. The largest absolute Gasteiger partial charge is 0.344 e. The molecular weight excluding hydrogens is 280 g/mol. The first-order valence-electron chi connectivity index (χ1n) is 8.16. The molecule has 0 radical (unpaired) electrons. The number of rotatable bonds is 7. The normalized spacial score (nSPS) is 19.4. The summed E-state index contributed by atoms with van der Waals surface area (Å²) in [7, 11) is 0. The highest BCUT2D eigenvalue weighted by atomic mass is 16.2. The van der Waals surface area contributed by atoms with Crippen molar-refractivity contribution in [2.24, 2.45) is 5.92 Å². The second kappa shape index (κ2) is 8.11. The molecule has 0 bridgehead atoms. The van der Waals surface area contributed by atoms with Gasteiger partial charge in [-0.25, -0.2) is 0 Å². The molecule has 0 saturated heterocycles. The van der Waals surface area contributed by atoms with Crippen LogP contribution in [0.25, 0.3) is 0 Å². The zero-order valence-electron chi connectivity index (χ0n) is 14.3. The summed E-state index contributed by atoms with van der Waals surface area (Å²) in [6, 6.07) is -0.798. The van der Waals surface area contributed by atoms with Crippen LogP contribution in [0.5, 0.6) is 0 Å². The van der Waals surface area contributed by atoms with Gasteiger partial charge in [0.1, 0.15) is 6.04 Å². The Labute approximate surface area is 133 Å². The van der Waals surface area contributed by atoms with Gasteiger partial charge >= 0.3 is 0 Å². The average Bonchev–Trinajstić information content (AvgIpc) is 2.71. The van der Waals surface area contributed by atoms with Crippen molar-refractivity contribution in [2.75, 3.05) is 0 Å². The molecule has 0 saturated carbocycles. The maximum atomic E-state index is 12.8. The van der Waals surface area contributed by atoms with E-state index in [0.717, 1.165) is 18.4 Å². The smallest absolute Gasteiger partial charge is 0.253 e. The van der Waals surface area contributed by atoms with Gasteiger partial charge in [0, 0.05) is 12.5 Å². The van der Waals surface area contributed by atoms with Crippen molar-refractivity contribution >= 4 is 17.7 Å². The van der Waals surface area contributed by atoms with Crippen molar-refractivity contribution < 1.29 is 14.4 Å². The van der Waals surface area contributed by atoms with E-state index in [0.29, 0.717) is 18.8 Å². The van der Waals surface area contributed by atoms with Gasteiger partial charge in [0.15, 0.2) is 0 Å². The molecule has 1 unspecified atom stereocenters. The van der Waals surface area contributed by atoms with Crippen molar-refractivity contribution in [1.82, 2.24) is 10.2 Å². The Kier molecular flexibility index (Phi) is 6.78. The van der Waals surface area contributed by atoms with Crippen molar-refractivity contribution in [1.29, 1.82) is 0 Å². The zero-order chi connectivity index (χ0) is 16.9. The topological polar surface area (TPSA) is 66.5 Å². The molecule has 0 aliphatic carbocycles. The van der Waals surface area contributed by atoms with Crippen LogP contribution in [0.15, 0.2) is 11.6 Å². The third kappa shape index (κ3) is 4.42. The minimum Gasteiger partial charge on any atom is -0.344 e. The lowest BCUT2D eigenvalue weighted by Crippen LogP contribution is -2.52. The number of hydrogen-bond donors (Lipinski definition) is 1. The van der Waals surface area contributed by atoms with Gasteiger partial charge in [-0.3, -0.25) is 19.3 Å². The van der Waals surface area contributed by atoms with Crippen LogP contribution >= 0.6 is 0 Å². The molecule has 1 aliphatic heterocycles. The molecule has 2 atom stereocenters. The third-order valence-corrected chi connectivity index (χ3v) is 3.89. The van der Waals surface area contributed by atoms with Crippen molar-refractivity contribution in [2.45, 2.75) is 72.4 Å². The van der Waals surface area contributed by atoms with Crippen LogP contribution in [-0.2, 0) is 14.4 Å². The summed E-state index contributed by atoms with van der Waals surface area (Å²) >= 11 is 0. The second-order valence-electron chi connectivity index (χ2n) is 6.34. The van der Waals surface area contributed by atoms with Crippen LogP contribution < -0.4 is 5.32 Å².